The van der Waals surface area contributed by atoms with Gasteiger partial charge >= 0.3 is 5.79 Å². The molecule has 2 fully saturated rings. The summed E-state index contributed by atoms with van der Waals surface area (Å²) < 4.78 is 0. The molecule has 0 aromatic rings. The first-order valence-corrected chi connectivity index (χ1v) is 7.03. The van der Waals surface area contributed by atoms with Crippen LogP contribution in [0.4, 0.5) is 0 Å². The van der Waals surface area contributed by atoms with E-state index in [2.05, 4.69) is 0 Å². The van der Waals surface area contributed by atoms with Crippen LogP contribution in [0.15, 0.2) is 12.2 Å². The third-order valence-corrected chi connectivity index (χ3v) is 3.65. The minimum absolute atomic E-state index is 0.0721. The standard InChI is InChI=1S/C11H16N4O8/c16-12(17)6-2-1-3-7-22-15-11(13(18)19,14(20)21)8-10(23-15)9-4-5-9/h1-2,9-10H,3-8H2/b2-1+. The van der Waals surface area contributed by atoms with Gasteiger partial charge in [-0.15, -0.1) is 0 Å². The van der Waals surface area contributed by atoms with Crippen LogP contribution in [0.2, 0.25) is 0 Å². The van der Waals surface area contributed by atoms with Crippen LogP contribution >= 0.6 is 0 Å². The Morgan fingerprint density at radius 2 is 1.83 bits per heavy atom. The van der Waals surface area contributed by atoms with Gasteiger partial charge in [-0.05, 0) is 31.3 Å². The second-order valence-corrected chi connectivity index (χ2v) is 5.34. The summed E-state index contributed by atoms with van der Waals surface area (Å²) in [6.45, 7) is -0.479. The van der Waals surface area contributed by atoms with Crippen molar-refractivity contribution in [3.63, 3.8) is 0 Å². The number of hydrogen-bond acceptors (Lipinski definition) is 9. The van der Waals surface area contributed by atoms with Gasteiger partial charge in [0.15, 0.2) is 0 Å². The molecule has 12 nitrogen and oxygen atoms in total. The molecular weight excluding hydrogens is 316 g/mol. The molecule has 2 aliphatic rings. The quantitative estimate of drug-likeness (QED) is 0.196. The van der Waals surface area contributed by atoms with Crippen LogP contribution in [-0.4, -0.2) is 45.0 Å². The Balaban J connectivity index is 1.96. The molecule has 0 spiro atoms. The van der Waals surface area contributed by atoms with Gasteiger partial charge in [0.2, 0.25) is 6.54 Å². The second-order valence-electron chi connectivity index (χ2n) is 5.34. The van der Waals surface area contributed by atoms with E-state index in [1.165, 1.54) is 12.2 Å². The largest absolute Gasteiger partial charge is 0.568 e. The first-order valence-electron chi connectivity index (χ1n) is 7.03. The predicted molar refractivity (Wildman–Crippen MR) is 72.3 cm³/mol. The normalized spacial score (nSPS) is 24.1. The Morgan fingerprint density at radius 3 is 2.35 bits per heavy atom. The molecular formula is C11H16N4O8. The average Bonchev–Trinajstić information content (AvgIpc) is 3.23. The van der Waals surface area contributed by atoms with Crippen molar-refractivity contribution in [3.05, 3.63) is 42.5 Å². The van der Waals surface area contributed by atoms with Gasteiger partial charge in [0.05, 0.1) is 11.8 Å². The minimum Gasteiger partial charge on any atom is -0.264 e. The van der Waals surface area contributed by atoms with Crippen LogP contribution in [0.25, 0.3) is 0 Å². The third-order valence-electron chi connectivity index (χ3n) is 3.65. The lowest BCUT2D eigenvalue weighted by molar-refractivity contribution is -0.851. The van der Waals surface area contributed by atoms with Crippen LogP contribution in [0, 0.1) is 36.3 Å². The molecule has 12 heteroatoms. The highest BCUT2D eigenvalue weighted by molar-refractivity contribution is 4.87. The molecule has 0 aromatic carbocycles. The van der Waals surface area contributed by atoms with Crippen LogP contribution in [0.1, 0.15) is 25.7 Å². The fourth-order valence-corrected chi connectivity index (χ4v) is 2.27. The van der Waals surface area contributed by atoms with Crippen LogP contribution in [-0.2, 0) is 9.68 Å². The van der Waals surface area contributed by atoms with Crippen molar-refractivity contribution in [1.82, 2.24) is 5.23 Å². The van der Waals surface area contributed by atoms with Gasteiger partial charge in [0.1, 0.15) is 22.4 Å². The number of nitrogens with zero attached hydrogens (tertiary/aromatic N) is 4. The molecule has 128 valence electrons. The molecule has 0 radical (unpaired) electrons. The molecule has 1 aliphatic carbocycles. The van der Waals surface area contributed by atoms with E-state index >= 15 is 0 Å². The summed E-state index contributed by atoms with van der Waals surface area (Å²) in [5.41, 5.74) is 0. The van der Waals surface area contributed by atoms with Gasteiger partial charge in [0, 0.05) is 4.92 Å². The Labute approximate surface area is 130 Å². The van der Waals surface area contributed by atoms with Gasteiger partial charge in [-0.1, -0.05) is 6.08 Å². The Hall–Kier alpha value is -2.18. The van der Waals surface area contributed by atoms with E-state index in [-0.39, 0.29) is 31.9 Å². The van der Waals surface area contributed by atoms with E-state index in [0.29, 0.717) is 5.23 Å². The molecule has 23 heavy (non-hydrogen) atoms. The monoisotopic (exact) mass is 332 g/mol. The number of hydroxylamine groups is 2. The predicted octanol–water partition coefficient (Wildman–Crippen LogP) is 0.764. The molecule has 1 unspecified atom stereocenters. The topological polar surface area (TPSA) is 151 Å². The van der Waals surface area contributed by atoms with Crippen molar-refractivity contribution in [3.8, 4) is 0 Å². The lowest BCUT2D eigenvalue weighted by Crippen LogP contribution is -2.55. The highest BCUT2D eigenvalue weighted by Gasteiger charge is 2.72. The van der Waals surface area contributed by atoms with E-state index in [0.717, 1.165) is 12.8 Å². The summed E-state index contributed by atoms with van der Waals surface area (Å²) in [5, 5.41) is 33.0. The Bertz CT molecular complexity index is 506. The van der Waals surface area contributed by atoms with E-state index in [4.69, 9.17) is 9.68 Å². The minimum atomic E-state index is -2.65. The van der Waals surface area contributed by atoms with E-state index in [1.54, 1.807) is 0 Å². The van der Waals surface area contributed by atoms with Crippen LogP contribution < -0.4 is 0 Å². The second kappa shape index (κ2) is 6.93. The third kappa shape index (κ3) is 3.78. The molecule has 0 bridgehead atoms. The molecule has 1 saturated heterocycles. The van der Waals surface area contributed by atoms with Crippen molar-refractivity contribution < 1.29 is 24.4 Å². The summed E-state index contributed by atoms with van der Waals surface area (Å²) in [6, 6.07) is 0. The fraction of sp³-hybridized carbons (Fsp3) is 0.818. The molecule has 2 rings (SSSR count). The molecule has 1 atom stereocenters. The molecule has 0 N–H and O–H groups in total. The van der Waals surface area contributed by atoms with Gasteiger partial charge < -0.3 is 0 Å². The zero-order valence-electron chi connectivity index (χ0n) is 12.1. The lowest BCUT2D eigenvalue weighted by Gasteiger charge is -2.19. The SMILES string of the molecule is O=[N+]([O-])C/C=C/CCON1OC(C2CC2)CC1([N+](=O)[O-])[N+](=O)[O-]. The number of rotatable bonds is 9. The van der Waals surface area contributed by atoms with Crippen molar-refractivity contribution in [2.75, 3.05) is 13.2 Å². The lowest BCUT2D eigenvalue weighted by atomic mass is 10.1. The van der Waals surface area contributed by atoms with Crippen LogP contribution in [0.5, 0.6) is 0 Å². The van der Waals surface area contributed by atoms with Gasteiger partial charge in [-0.3, -0.25) is 40.0 Å². The molecule has 1 saturated carbocycles. The van der Waals surface area contributed by atoms with Crippen molar-refractivity contribution >= 4 is 0 Å². The summed E-state index contributed by atoms with van der Waals surface area (Å²) >= 11 is 0. The van der Waals surface area contributed by atoms with Crippen molar-refractivity contribution in [2.24, 2.45) is 5.92 Å². The highest BCUT2D eigenvalue weighted by atomic mass is 17.0. The Kier molecular flexibility index (Phi) is 5.18. The fourth-order valence-electron chi connectivity index (χ4n) is 2.27. The average molecular weight is 332 g/mol. The Morgan fingerprint density at radius 1 is 1.17 bits per heavy atom. The van der Waals surface area contributed by atoms with E-state index in [1.807, 2.05) is 0 Å². The molecule has 1 heterocycles. The zero-order chi connectivity index (χ0) is 17.0. The summed E-state index contributed by atoms with van der Waals surface area (Å²) in [6.07, 6.45) is 3.59. The van der Waals surface area contributed by atoms with Crippen molar-refractivity contribution in [2.45, 2.75) is 37.6 Å². The maximum atomic E-state index is 11.2. The first-order chi connectivity index (χ1) is 10.9. The molecule has 1 aliphatic heterocycles. The maximum absolute atomic E-state index is 11.2. The van der Waals surface area contributed by atoms with E-state index in [9.17, 15) is 30.3 Å². The number of hydrogen-bond donors (Lipinski definition) is 0. The summed E-state index contributed by atoms with van der Waals surface area (Å²) in [5.74, 6) is -2.58. The zero-order valence-corrected chi connectivity index (χ0v) is 12.1. The smallest absolute Gasteiger partial charge is 0.264 e. The summed E-state index contributed by atoms with van der Waals surface area (Å²) in [4.78, 5) is 40.4. The molecule has 0 amide bonds. The maximum Gasteiger partial charge on any atom is 0.568 e. The van der Waals surface area contributed by atoms with Crippen molar-refractivity contribution in [1.29, 1.82) is 0 Å². The van der Waals surface area contributed by atoms with E-state index < -0.39 is 26.7 Å². The van der Waals surface area contributed by atoms with Gasteiger partial charge in [-0.2, -0.15) is 0 Å². The van der Waals surface area contributed by atoms with Gasteiger partial charge in [-0.25, -0.2) is 0 Å². The first kappa shape index (κ1) is 17.2. The summed E-state index contributed by atoms with van der Waals surface area (Å²) in [7, 11) is 0. The van der Waals surface area contributed by atoms with Gasteiger partial charge in [0.25, 0.3) is 0 Å². The number of nitro groups is 3. The highest BCUT2D eigenvalue weighted by Crippen LogP contribution is 2.44. The van der Waals surface area contributed by atoms with Crippen LogP contribution in [0.3, 0.4) is 0 Å². The molecule has 0 aromatic heterocycles.